The van der Waals surface area contributed by atoms with Gasteiger partial charge in [-0.25, -0.2) is 0 Å². The highest BCUT2D eigenvalue weighted by Crippen LogP contribution is 2.29. The number of ether oxygens (including phenoxy) is 1. The first-order valence-corrected chi connectivity index (χ1v) is 7.34. The fourth-order valence-corrected chi connectivity index (χ4v) is 2.21. The Morgan fingerprint density at radius 1 is 1.19 bits per heavy atom. The number of hydrogen-bond donors (Lipinski definition) is 0. The van der Waals surface area contributed by atoms with Crippen molar-refractivity contribution in [2.45, 2.75) is 33.6 Å². The van der Waals surface area contributed by atoms with Gasteiger partial charge in [-0.15, -0.1) is 0 Å². The van der Waals surface area contributed by atoms with Gasteiger partial charge in [0, 0.05) is 16.8 Å². The van der Waals surface area contributed by atoms with Crippen LogP contribution in [0.25, 0.3) is 11.3 Å². The molecule has 0 saturated carbocycles. The van der Waals surface area contributed by atoms with E-state index in [1.165, 1.54) is 0 Å². The molecule has 3 nitrogen and oxygen atoms in total. The molecule has 0 saturated heterocycles. The number of carbonyl (C=O) groups is 1. The minimum Gasteiger partial charge on any atom is -0.493 e. The largest absolute Gasteiger partial charge is 0.493 e. The molecule has 0 atom stereocenters. The number of nitrogens with zero attached hydrogens (tertiary/aromatic N) is 1. The molecular formula is C18H21NO2. The van der Waals surface area contributed by atoms with E-state index >= 15 is 0 Å². The summed E-state index contributed by atoms with van der Waals surface area (Å²) < 4.78 is 5.84. The van der Waals surface area contributed by atoms with Crippen molar-refractivity contribution in [2.24, 2.45) is 0 Å². The molecule has 110 valence electrons. The van der Waals surface area contributed by atoms with E-state index in [9.17, 15) is 4.79 Å². The smallest absolute Gasteiger partial charge is 0.161 e. The highest BCUT2D eigenvalue weighted by Gasteiger charge is 2.10. The SMILES string of the molecule is CCCCOc1ccccc1-c1ccc(C(C)=O)c(C)n1. The molecule has 2 rings (SSSR count). The first kappa shape index (κ1) is 15.2. The average Bonchev–Trinajstić information content (AvgIpc) is 2.47. The van der Waals surface area contributed by atoms with Crippen LogP contribution in [-0.2, 0) is 0 Å². The van der Waals surface area contributed by atoms with Crippen LogP contribution in [0.1, 0.15) is 42.7 Å². The molecule has 0 aliphatic heterocycles. The number of aromatic nitrogens is 1. The van der Waals surface area contributed by atoms with E-state index in [0.717, 1.165) is 35.5 Å². The minimum absolute atomic E-state index is 0.0408. The zero-order chi connectivity index (χ0) is 15.2. The Labute approximate surface area is 126 Å². The first-order chi connectivity index (χ1) is 10.1. The van der Waals surface area contributed by atoms with E-state index in [-0.39, 0.29) is 5.78 Å². The molecule has 0 spiro atoms. The molecule has 0 unspecified atom stereocenters. The standard InChI is InChI=1S/C18H21NO2/c1-4-5-12-21-18-9-7-6-8-16(18)17-11-10-15(14(3)20)13(2)19-17/h6-11H,4-5,12H2,1-3H3. The van der Waals surface area contributed by atoms with Gasteiger partial charge < -0.3 is 4.74 Å². The van der Waals surface area contributed by atoms with Gasteiger partial charge in [-0.05, 0) is 44.5 Å². The van der Waals surface area contributed by atoms with Gasteiger partial charge in [0.25, 0.3) is 0 Å². The lowest BCUT2D eigenvalue weighted by molar-refractivity contribution is 0.101. The number of rotatable bonds is 6. The van der Waals surface area contributed by atoms with Gasteiger partial charge >= 0.3 is 0 Å². The lowest BCUT2D eigenvalue weighted by Crippen LogP contribution is -2.01. The molecular weight excluding hydrogens is 262 g/mol. The third-order valence-corrected chi connectivity index (χ3v) is 3.38. The summed E-state index contributed by atoms with van der Waals surface area (Å²) in [6, 6.07) is 11.6. The van der Waals surface area contributed by atoms with Crippen molar-refractivity contribution < 1.29 is 9.53 Å². The molecule has 0 radical (unpaired) electrons. The third kappa shape index (κ3) is 3.69. The van der Waals surface area contributed by atoms with E-state index < -0.39 is 0 Å². The predicted molar refractivity (Wildman–Crippen MR) is 84.8 cm³/mol. The zero-order valence-electron chi connectivity index (χ0n) is 12.8. The Kier molecular flexibility index (Phi) is 5.09. The summed E-state index contributed by atoms with van der Waals surface area (Å²) in [5, 5.41) is 0. The summed E-state index contributed by atoms with van der Waals surface area (Å²) in [4.78, 5) is 16.0. The van der Waals surface area contributed by atoms with Crippen LogP contribution in [0.5, 0.6) is 5.75 Å². The molecule has 0 aliphatic carbocycles. The van der Waals surface area contributed by atoms with E-state index in [1.807, 2.05) is 43.3 Å². The van der Waals surface area contributed by atoms with Crippen molar-refractivity contribution in [2.75, 3.05) is 6.61 Å². The lowest BCUT2D eigenvalue weighted by Gasteiger charge is -2.12. The number of hydrogen-bond acceptors (Lipinski definition) is 3. The summed E-state index contributed by atoms with van der Waals surface area (Å²) in [7, 11) is 0. The Morgan fingerprint density at radius 3 is 2.62 bits per heavy atom. The van der Waals surface area contributed by atoms with Crippen LogP contribution in [0.4, 0.5) is 0 Å². The number of benzene rings is 1. The molecule has 21 heavy (non-hydrogen) atoms. The Bertz CT molecular complexity index is 635. The van der Waals surface area contributed by atoms with Gasteiger partial charge in [-0.1, -0.05) is 25.5 Å². The molecule has 1 aromatic heterocycles. The number of Topliss-reactive ketones (excluding diaryl/α,β-unsaturated/α-hetero) is 1. The molecule has 0 aliphatic rings. The van der Waals surface area contributed by atoms with Gasteiger partial charge in [0.15, 0.2) is 5.78 Å². The van der Waals surface area contributed by atoms with E-state index in [1.54, 1.807) is 6.92 Å². The van der Waals surface area contributed by atoms with Crippen LogP contribution < -0.4 is 4.74 Å². The van der Waals surface area contributed by atoms with Crippen LogP contribution in [0.2, 0.25) is 0 Å². The summed E-state index contributed by atoms with van der Waals surface area (Å²) in [5.74, 6) is 0.882. The van der Waals surface area contributed by atoms with Crippen molar-refractivity contribution in [1.82, 2.24) is 4.98 Å². The molecule has 0 N–H and O–H groups in total. The maximum atomic E-state index is 11.5. The Morgan fingerprint density at radius 2 is 1.95 bits per heavy atom. The van der Waals surface area contributed by atoms with Crippen molar-refractivity contribution in [3.8, 4) is 17.0 Å². The second-order valence-corrected chi connectivity index (χ2v) is 5.08. The molecule has 3 heteroatoms. The van der Waals surface area contributed by atoms with Crippen LogP contribution in [-0.4, -0.2) is 17.4 Å². The topological polar surface area (TPSA) is 39.2 Å². The maximum Gasteiger partial charge on any atom is 0.161 e. The second-order valence-electron chi connectivity index (χ2n) is 5.08. The van der Waals surface area contributed by atoms with Crippen LogP contribution in [0, 0.1) is 6.92 Å². The first-order valence-electron chi connectivity index (χ1n) is 7.34. The van der Waals surface area contributed by atoms with Gasteiger partial charge in [0.05, 0.1) is 12.3 Å². The van der Waals surface area contributed by atoms with E-state index in [0.29, 0.717) is 12.2 Å². The molecule has 0 bridgehead atoms. The highest BCUT2D eigenvalue weighted by atomic mass is 16.5. The number of aryl methyl sites for hydroxylation is 1. The van der Waals surface area contributed by atoms with Gasteiger partial charge in [0.2, 0.25) is 0 Å². The quantitative estimate of drug-likeness (QED) is 0.581. The monoisotopic (exact) mass is 283 g/mol. The number of pyridine rings is 1. The Balaban J connectivity index is 2.33. The van der Waals surface area contributed by atoms with Crippen molar-refractivity contribution in [3.05, 3.63) is 47.7 Å². The van der Waals surface area contributed by atoms with Crippen LogP contribution >= 0.6 is 0 Å². The van der Waals surface area contributed by atoms with Crippen LogP contribution in [0.3, 0.4) is 0 Å². The van der Waals surface area contributed by atoms with Crippen molar-refractivity contribution in [1.29, 1.82) is 0 Å². The molecule has 2 aromatic rings. The maximum absolute atomic E-state index is 11.5. The molecule has 1 heterocycles. The molecule has 0 fully saturated rings. The average molecular weight is 283 g/mol. The van der Waals surface area contributed by atoms with Crippen LogP contribution in [0.15, 0.2) is 36.4 Å². The van der Waals surface area contributed by atoms with Crippen molar-refractivity contribution in [3.63, 3.8) is 0 Å². The van der Waals surface area contributed by atoms with Gasteiger partial charge in [-0.2, -0.15) is 0 Å². The van der Waals surface area contributed by atoms with Crippen molar-refractivity contribution >= 4 is 5.78 Å². The molecule has 0 amide bonds. The summed E-state index contributed by atoms with van der Waals surface area (Å²) in [5.41, 5.74) is 3.22. The lowest BCUT2D eigenvalue weighted by atomic mass is 10.1. The Hall–Kier alpha value is -2.16. The second kappa shape index (κ2) is 7.02. The highest BCUT2D eigenvalue weighted by molar-refractivity contribution is 5.95. The van der Waals surface area contributed by atoms with Gasteiger partial charge in [-0.3, -0.25) is 9.78 Å². The number of para-hydroxylation sites is 1. The fourth-order valence-electron chi connectivity index (χ4n) is 2.21. The van der Waals surface area contributed by atoms with E-state index in [2.05, 4.69) is 11.9 Å². The number of carbonyl (C=O) groups excluding carboxylic acids is 1. The summed E-state index contributed by atoms with van der Waals surface area (Å²) >= 11 is 0. The van der Waals surface area contributed by atoms with E-state index in [4.69, 9.17) is 4.74 Å². The summed E-state index contributed by atoms with van der Waals surface area (Å²) in [6.45, 7) is 6.27. The third-order valence-electron chi connectivity index (χ3n) is 3.38. The molecule has 1 aromatic carbocycles. The minimum atomic E-state index is 0.0408. The normalized spacial score (nSPS) is 10.4. The fraction of sp³-hybridized carbons (Fsp3) is 0.333. The number of unbranched alkanes of at least 4 members (excludes halogenated alkanes) is 1. The zero-order valence-corrected chi connectivity index (χ0v) is 12.8. The van der Waals surface area contributed by atoms with Gasteiger partial charge in [0.1, 0.15) is 5.75 Å². The predicted octanol–water partition coefficient (Wildman–Crippen LogP) is 4.44. The summed E-state index contributed by atoms with van der Waals surface area (Å²) in [6.07, 6.45) is 2.14. The number of ketones is 1.